The van der Waals surface area contributed by atoms with Gasteiger partial charge in [0.15, 0.2) is 0 Å². The Bertz CT molecular complexity index is 644. The van der Waals surface area contributed by atoms with Crippen LogP contribution < -0.4 is 10.1 Å². The number of amides is 1. The van der Waals surface area contributed by atoms with Crippen LogP contribution in [-0.2, 0) is 13.6 Å². The zero-order chi connectivity index (χ0) is 15.4. The molecule has 7 heteroatoms. The molecule has 0 radical (unpaired) electrons. The van der Waals surface area contributed by atoms with Crippen molar-refractivity contribution < 1.29 is 18.3 Å². The molecule has 112 valence electrons. The maximum absolute atomic E-state index is 12.3. The number of para-hydroxylation sites is 1. The number of halogens is 3. The summed E-state index contributed by atoms with van der Waals surface area (Å²) in [5.74, 6) is -0.240. The average Bonchev–Trinajstić information content (AvgIpc) is 2.76. The van der Waals surface area contributed by atoms with Crippen LogP contribution in [0.3, 0.4) is 0 Å². The summed E-state index contributed by atoms with van der Waals surface area (Å²) in [6, 6.07) is 8.03. The molecule has 0 aliphatic carbocycles. The number of benzene rings is 1. The molecular weight excluding hydrogens is 346 g/mol. The molecule has 0 aliphatic rings. The third-order valence-corrected chi connectivity index (χ3v) is 3.27. The number of aromatic nitrogens is 1. The highest BCUT2D eigenvalue weighted by molar-refractivity contribution is 9.10. The third-order valence-electron chi connectivity index (χ3n) is 2.83. The highest BCUT2D eigenvalue weighted by atomic mass is 79.9. The number of hydrogen-bond acceptors (Lipinski definition) is 2. The second-order valence-electron chi connectivity index (χ2n) is 4.32. The van der Waals surface area contributed by atoms with Crippen molar-refractivity contribution in [3.8, 4) is 5.75 Å². The lowest BCUT2D eigenvalue weighted by atomic mass is 10.2. The fraction of sp³-hybridized carbons (Fsp3) is 0.214. The minimum Gasteiger partial charge on any atom is -0.434 e. The topological polar surface area (TPSA) is 43.3 Å². The van der Waals surface area contributed by atoms with Gasteiger partial charge in [-0.25, -0.2) is 0 Å². The zero-order valence-electron chi connectivity index (χ0n) is 11.1. The lowest BCUT2D eigenvalue weighted by molar-refractivity contribution is -0.0504. The van der Waals surface area contributed by atoms with Crippen molar-refractivity contribution in [2.45, 2.75) is 13.2 Å². The van der Waals surface area contributed by atoms with Gasteiger partial charge in [-0.3, -0.25) is 4.79 Å². The third kappa shape index (κ3) is 4.04. The molecule has 0 atom stereocenters. The van der Waals surface area contributed by atoms with Crippen LogP contribution in [-0.4, -0.2) is 17.1 Å². The molecule has 0 saturated carbocycles. The predicted molar refractivity (Wildman–Crippen MR) is 77.4 cm³/mol. The molecule has 1 amide bonds. The van der Waals surface area contributed by atoms with Gasteiger partial charge >= 0.3 is 6.61 Å². The lowest BCUT2D eigenvalue weighted by Gasteiger charge is -2.11. The number of rotatable bonds is 5. The van der Waals surface area contributed by atoms with E-state index in [-0.39, 0.29) is 18.2 Å². The largest absolute Gasteiger partial charge is 0.434 e. The molecule has 2 aromatic rings. The van der Waals surface area contributed by atoms with E-state index in [2.05, 4.69) is 26.0 Å². The first-order valence-corrected chi connectivity index (χ1v) is 6.89. The van der Waals surface area contributed by atoms with Crippen molar-refractivity contribution in [3.63, 3.8) is 0 Å². The second kappa shape index (κ2) is 6.71. The highest BCUT2D eigenvalue weighted by Gasteiger charge is 2.13. The van der Waals surface area contributed by atoms with Crippen LogP contribution in [0.25, 0.3) is 0 Å². The molecule has 0 fully saturated rings. The Morgan fingerprint density at radius 3 is 2.76 bits per heavy atom. The minimum atomic E-state index is -2.90. The summed E-state index contributed by atoms with van der Waals surface area (Å²) >= 11 is 3.28. The number of nitrogens with zero attached hydrogens (tertiary/aromatic N) is 1. The number of hydrogen-bond donors (Lipinski definition) is 1. The maximum atomic E-state index is 12.3. The number of carbonyl (C=O) groups excluding carboxylic acids is 1. The van der Waals surface area contributed by atoms with Crippen LogP contribution in [0.5, 0.6) is 5.75 Å². The van der Waals surface area contributed by atoms with E-state index in [9.17, 15) is 13.6 Å². The van der Waals surface area contributed by atoms with Gasteiger partial charge in [-0.05, 0) is 28.1 Å². The molecule has 1 aromatic carbocycles. The van der Waals surface area contributed by atoms with Crippen LogP contribution in [0.1, 0.15) is 16.1 Å². The Kier molecular flexibility index (Phi) is 4.95. The zero-order valence-corrected chi connectivity index (χ0v) is 12.7. The number of nitrogens with one attached hydrogen (secondary N) is 1. The summed E-state index contributed by atoms with van der Waals surface area (Å²) in [5, 5.41) is 2.68. The van der Waals surface area contributed by atoms with Crippen molar-refractivity contribution >= 4 is 21.8 Å². The monoisotopic (exact) mass is 358 g/mol. The van der Waals surface area contributed by atoms with E-state index in [0.717, 1.165) is 4.47 Å². The second-order valence-corrected chi connectivity index (χ2v) is 5.24. The van der Waals surface area contributed by atoms with Crippen molar-refractivity contribution in [1.82, 2.24) is 9.88 Å². The van der Waals surface area contributed by atoms with E-state index < -0.39 is 6.61 Å². The summed E-state index contributed by atoms with van der Waals surface area (Å²) < 4.78 is 31.5. The fourth-order valence-corrected chi connectivity index (χ4v) is 2.40. The Balaban J connectivity index is 2.06. The molecule has 2 rings (SSSR count). The summed E-state index contributed by atoms with van der Waals surface area (Å²) in [7, 11) is 1.74. The van der Waals surface area contributed by atoms with Crippen LogP contribution in [0, 0.1) is 0 Å². The fourth-order valence-electron chi connectivity index (χ4n) is 1.88. The van der Waals surface area contributed by atoms with Gasteiger partial charge in [-0.15, -0.1) is 0 Å². The summed E-state index contributed by atoms with van der Waals surface area (Å²) in [5.41, 5.74) is 0.952. The molecule has 1 aromatic heterocycles. The van der Waals surface area contributed by atoms with Crippen LogP contribution >= 0.6 is 15.9 Å². The summed E-state index contributed by atoms with van der Waals surface area (Å²) in [4.78, 5) is 12.0. The number of alkyl halides is 2. The van der Waals surface area contributed by atoms with E-state index in [4.69, 9.17) is 0 Å². The van der Waals surface area contributed by atoms with Crippen LogP contribution in [0.2, 0.25) is 0 Å². The van der Waals surface area contributed by atoms with Crippen molar-refractivity contribution in [2.75, 3.05) is 0 Å². The quantitative estimate of drug-likeness (QED) is 0.890. The molecule has 21 heavy (non-hydrogen) atoms. The van der Waals surface area contributed by atoms with Crippen molar-refractivity contribution in [3.05, 3.63) is 52.3 Å². The Morgan fingerprint density at radius 1 is 1.43 bits per heavy atom. The molecule has 1 N–H and O–H groups in total. The molecule has 0 unspecified atom stereocenters. The number of ether oxygens (including phenoxy) is 1. The Labute approximate surface area is 128 Å². The van der Waals surface area contributed by atoms with Crippen molar-refractivity contribution in [1.29, 1.82) is 0 Å². The smallest absolute Gasteiger partial charge is 0.387 e. The van der Waals surface area contributed by atoms with E-state index in [1.54, 1.807) is 42.1 Å². The first-order valence-electron chi connectivity index (χ1n) is 6.10. The molecule has 4 nitrogen and oxygen atoms in total. The van der Waals surface area contributed by atoms with Gasteiger partial charge in [0.05, 0.1) is 0 Å². The van der Waals surface area contributed by atoms with E-state index in [1.807, 2.05) is 0 Å². The maximum Gasteiger partial charge on any atom is 0.387 e. The lowest BCUT2D eigenvalue weighted by Crippen LogP contribution is -2.25. The van der Waals surface area contributed by atoms with Crippen molar-refractivity contribution in [2.24, 2.45) is 7.05 Å². The molecule has 1 heterocycles. The van der Waals surface area contributed by atoms with Gasteiger partial charge < -0.3 is 14.6 Å². The predicted octanol–water partition coefficient (Wildman–Crippen LogP) is 3.32. The van der Waals surface area contributed by atoms with E-state index in [1.165, 1.54) is 6.07 Å². The highest BCUT2D eigenvalue weighted by Crippen LogP contribution is 2.20. The SMILES string of the molecule is Cn1cc(Br)cc1C(=O)NCc1ccccc1OC(F)F. The first-order chi connectivity index (χ1) is 9.97. The van der Waals surface area contributed by atoms with Gasteiger partial charge in [-0.1, -0.05) is 18.2 Å². The molecule has 0 bridgehead atoms. The molecular formula is C14H13BrF2N2O2. The first kappa shape index (κ1) is 15.5. The number of aryl methyl sites for hydroxylation is 1. The molecule has 0 aliphatic heterocycles. The van der Waals surface area contributed by atoms with Gasteiger partial charge in [-0.2, -0.15) is 8.78 Å². The van der Waals surface area contributed by atoms with Gasteiger partial charge in [0.2, 0.25) is 0 Å². The van der Waals surface area contributed by atoms with E-state index in [0.29, 0.717) is 11.3 Å². The van der Waals surface area contributed by atoms with Gasteiger partial charge in [0.25, 0.3) is 5.91 Å². The average molecular weight is 359 g/mol. The summed E-state index contributed by atoms with van der Waals surface area (Å²) in [6.07, 6.45) is 1.75. The minimum absolute atomic E-state index is 0.0564. The van der Waals surface area contributed by atoms with Crippen LogP contribution in [0.4, 0.5) is 8.78 Å². The standard InChI is InChI=1S/C14H13BrF2N2O2/c1-19-8-10(15)6-11(19)13(20)18-7-9-4-2-3-5-12(9)21-14(16)17/h2-6,8,14H,7H2,1H3,(H,18,20). The molecule has 0 spiro atoms. The van der Waals surface area contributed by atoms with Crippen LogP contribution in [0.15, 0.2) is 41.0 Å². The Morgan fingerprint density at radius 2 is 2.14 bits per heavy atom. The summed E-state index contributed by atoms with van der Waals surface area (Å²) in [6.45, 7) is -2.80. The number of carbonyl (C=O) groups is 1. The van der Waals surface area contributed by atoms with Gasteiger partial charge in [0.1, 0.15) is 11.4 Å². The van der Waals surface area contributed by atoms with E-state index >= 15 is 0 Å². The Hall–Kier alpha value is -1.89. The van der Waals surface area contributed by atoms with Gasteiger partial charge in [0, 0.05) is 29.8 Å². The normalized spacial score (nSPS) is 10.7. The molecule has 0 saturated heterocycles.